The molecule has 26 heavy (non-hydrogen) atoms. The highest BCUT2D eigenvalue weighted by Crippen LogP contribution is 2.38. The molecule has 0 aliphatic rings. The molecule has 0 aliphatic heterocycles. The maximum Gasteiger partial charge on any atom is 0.0402 e. The molecule has 2 heteroatoms. The second kappa shape index (κ2) is 11.6. The monoisotopic (exact) mass is 476 g/mol. The summed E-state index contributed by atoms with van der Waals surface area (Å²) in [6.45, 7) is 12.8. The molecule has 0 bridgehead atoms. The van der Waals surface area contributed by atoms with Crippen molar-refractivity contribution in [3.8, 4) is 0 Å². The van der Waals surface area contributed by atoms with Crippen molar-refractivity contribution in [2.75, 3.05) is 0 Å². The Morgan fingerprint density at radius 2 is 1.38 bits per heavy atom. The van der Waals surface area contributed by atoms with E-state index in [9.17, 15) is 0 Å². The van der Waals surface area contributed by atoms with E-state index < -0.39 is 0 Å². The molecule has 0 aromatic heterocycles. The van der Waals surface area contributed by atoms with Crippen LogP contribution in [0.25, 0.3) is 11.1 Å². The summed E-state index contributed by atoms with van der Waals surface area (Å²) in [6.07, 6.45) is 15.3. The molecule has 0 atom stereocenters. The zero-order valence-electron chi connectivity index (χ0n) is 16.8. The quantitative estimate of drug-likeness (QED) is 0.343. The van der Waals surface area contributed by atoms with Crippen LogP contribution < -0.4 is 0 Å². The molecule has 0 aliphatic carbocycles. The predicted molar refractivity (Wildman–Crippen MR) is 126 cm³/mol. The van der Waals surface area contributed by atoms with Crippen molar-refractivity contribution in [3.05, 3.63) is 79.8 Å². The lowest BCUT2D eigenvalue weighted by Crippen LogP contribution is -1.92. The second-order valence-electron chi connectivity index (χ2n) is 6.41. The molecule has 0 amide bonds. The summed E-state index contributed by atoms with van der Waals surface area (Å²) >= 11 is 7.63. The summed E-state index contributed by atoms with van der Waals surface area (Å²) in [5.74, 6) is 0. The number of rotatable bonds is 7. The Morgan fingerprint density at radius 1 is 0.885 bits per heavy atom. The van der Waals surface area contributed by atoms with Crippen LogP contribution in [0.1, 0.15) is 65.5 Å². The molecule has 1 aromatic rings. The van der Waals surface area contributed by atoms with Gasteiger partial charge in [-0.25, -0.2) is 0 Å². The maximum absolute atomic E-state index is 3.82. The molecule has 0 heterocycles. The van der Waals surface area contributed by atoms with Crippen molar-refractivity contribution in [2.45, 2.75) is 54.4 Å². The third-order valence-corrected chi connectivity index (χ3v) is 6.36. The van der Waals surface area contributed by atoms with Crippen LogP contribution in [-0.4, -0.2) is 0 Å². The van der Waals surface area contributed by atoms with Crippen molar-refractivity contribution >= 4 is 43.0 Å². The summed E-state index contributed by atoms with van der Waals surface area (Å²) in [5.41, 5.74) is 7.50. The van der Waals surface area contributed by atoms with Gasteiger partial charge in [0.15, 0.2) is 0 Å². The van der Waals surface area contributed by atoms with Crippen LogP contribution in [0.2, 0.25) is 0 Å². The first-order valence-corrected chi connectivity index (χ1v) is 10.8. The topological polar surface area (TPSA) is 0 Å². The number of allylic oxidation sites excluding steroid dienone is 10. The standard InChI is InChI=1S/C24H30Br2/c1-7-11-17(5)15-19(9-3)21-13-14-22(24(26)23(21)25)20(10-4)16-18(6)12-8-2/h7,9-11,13-16H,8,12H2,1-6H3/b11-7+,17-15-,18-16-,19-9+,20-10+. The van der Waals surface area contributed by atoms with Gasteiger partial charge in [-0.3, -0.25) is 0 Å². The first-order valence-electron chi connectivity index (χ1n) is 9.19. The Labute approximate surface area is 176 Å². The van der Waals surface area contributed by atoms with E-state index in [1.807, 2.05) is 6.92 Å². The summed E-state index contributed by atoms with van der Waals surface area (Å²) < 4.78 is 2.19. The molecule has 1 aromatic carbocycles. The van der Waals surface area contributed by atoms with Crippen LogP contribution in [0.4, 0.5) is 0 Å². The first-order chi connectivity index (χ1) is 12.4. The molecule has 0 spiro atoms. The zero-order valence-corrected chi connectivity index (χ0v) is 20.0. The van der Waals surface area contributed by atoms with E-state index in [0.29, 0.717) is 0 Å². The maximum atomic E-state index is 3.82. The SMILES string of the molecule is C/C=C/C(C)=C\C(=C/C)c1ccc(C(/C=C(/C)CCC)=C/C)c(Br)c1Br. The van der Waals surface area contributed by atoms with Gasteiger partial charge in [0.05, 0.1) is 0 Å². The van der Waals surface area contributed by atoms with Crippen LogP contribution in [-0.2, 0) is 0 Å². The Balaban J connectivity index is 3.39. The van der Waals surface area contributed by atoms with E-state index in [-0.39, 0.29) is 0 Å². The smallest absolute Gasteiger partial charge is 0.0402 e. The summed E-state index contributed by atoms with van der Waals surface area (Å²) in [4.78, 5) is 0. The summed E-state index contributed by atoms with van der Waals surface area (Å²) in [6, 6.07) is 4.41. The van der Waals surface area contributed by atoms with Gasteiger partial charge in [-0.1, -0.05) is 73.1 Å². The lowest BCUT2D eigenvalue weighted by molar-refractivity contribution is 0.906. The van der Waals surface area contributed by atoms with E-state index in [1.54, 1.807) is 0 Å². The molecule has 0 N–H and O–H groups in total. The molecule has 0 unspecified atom stereocenters. The predicted octanol–water partition coefficient (Wildman–Crippen LogP) is 9.29. The van der Waals surface area contributed by atoms with E-state index in [0.717, 1.165) is 15.4 Å². The average Bonchev–Trinajstić information content (AvgIpc) is 2.61. The van der Waals surface area contributed by atoms with E-state index in [4.69, 9.17) is 0 Å². The fourth-order valence-electron chi connectivity index (χ4n) is 2.92. The van der Waals surface area contributed by atoms with E-state index >= 15 is 0 Å². The highest BCUT2D eigenvalue weighted by Gasteiger charge is 2.13. The highest BCUT2D eigenvalue weighted by molar-refractivity contribution is 9.13. The Hall–Kier alpha value is -1.12. The summed E-state index contributed by atoms with van der Waals surface area (Å²) in [7, 11) is 0. The van der Waals surface area contributed by atoms with Crippen molar-refractivity contribution in [3.63, 3.8) is 0 Å². The molecule has 0 nitrogen and oxygen atoms in total. The number of halogens is 2. The molecule has 140 valence electrons. The van der Waals surface area contributed by atoms with E-state index in [1.165, 1.54) is 39.8 Å². The van der Waals surface area contributed by atoms with Gasteiger partial charge in [0.1, 0.15) is 0 Å². The fourth-order valence-corrected chi connectivity index (χ4v) is 4.07. The highest BCUT2D eigenvalue weighted by atomic mass is 79.9. The molecule has 0 saturated carbocycles. The molecular weight excluding hydrogens is 448 g/mol. The van der Waals surface area contributed by atoms with Gasteiger partial charge >= 0.3 is 0 Å². The fraction of sp³-hybridized carbons (Fsp3) is 0.333. The Bertz CT molecular complexity index is 772. The van der Waals surface area contributed by atoms with Gasteiger partial charge in [-0.05, 0) is 95.2 Å². The third-order valence-electron chi connectivity index (χ3n) is 4.19. The second-order valence-corrected chi connectivity index (χ2v) is 7.99. The van der Waals surface area contributed by atoms with Gasteiger partial charge in [0.2, 0.25) is 0 Å². The lowest BCUT2D eigenvalue weighted by Gasteiger charge is -2.14. The van der Waals surface area contributed by atoms with Crippen LogP contribution in [0.15, 0.2) is 68.7 Å². The lowest BCUT2D eigenvalue weighted by atomic mass is 9.97. The Morgan fingerprint density at radius 3 is 1.81 bits per heavy atom. The molecule has 1 rings (SSSR count). The van der Waals surface area contributed by atoms with Crippen molar-refractivity contribution in [2.24, 2.45) is 0 Å². The Kier molecular flexibility index (Phi) is 10.2. The number of hydrogen-bond acceptors (Lipinski definition) is 0. The number of benzene rings is 1. The van der Waals surface area contributed by atoms with Crippen LogP contribution in [0.5, 0.6) is 0 Å². The van der Waals surface area contributed by atoms with Crippen LogP contribution in [0, 0.1) is 0 Å². The first kappa shape index (κ1) is 22.9. The minimum atomic E-state index is 1.09. The van der Waals surface area contributed by atoms with Gasteiger partial charge in [0, 0.05) is 8.95 Å². The molecule has 0 saturated heterocycles. The van der Waals surface area contributed by atoms with Crippen molar-refractivity contribution in [1.29, 1.82) is 0 Å². The van der Waals surface area contributed by atoms with Gasteiger partial charge in [-0.15, -0.1) is 0 Å². The third kappa shape index (κ3) is 6.25. The molecule has 0 fully saturated rings. The zero-order chi connectivity index (χ0) is 19.7. The average molecular weight is 478 g/mol. The van der Waals surface area contributed by atoms with Gasteiger partial charge in [-0.2, -0.15) is 0 Å². The van der Waals surface area contributed by atoms with Crippen LogP contribution >= 0.6 is 31.9 Å². The van der Waals surface area contributed by atoms with Gasteiger partial charge < -0.3 is 0 Å². The van der Waals surface area contributed by atoms with Crippen LogP contribution in [0.3, 0.4) is 0 Å². The number of hydrogen-bond donors (Lipinski definition) is 0. The minimum Gasteiger partial charge on any atom is -0.0874 e. The van der Waals surface area contributed by atoms with E-state index in [2.05, 4.69) is 115 Å². The van der Waals surface area contributed by atoms with Crippen molar-refractivity contribution < 1.29 is 0 Å². The molecular formula is C24H30Br2. The summed E-state index contributed by atoms with van der Waals surface area (Å²) in [5, 5.41) is 0. The largest absolute Gasteiger partial charge is 0.0874 e. The van der Waals surface area contributed by atoms with Gasteiger partial charge in [0.25, 0.3) is 0 Å². The normalized spacial score (nSPS) is 14.5. The van der Waals surface area contributed by atoms with Crippen molar-refractivity contribution in [1.82, 2.24) is 0 Å². The minimum absolute atomic E-state index is 1.09. The molecule has 0 radical (unpaired) electrons.